The highest BCUT2D eigenvalue weighted by Gasteiger charge is 2.06. The van der Waals surface area contributed by atoms with Crippen LogP contribution < -0.4 is 10.7 Å². The Balaban J connectivity index is 2.32. The van der Waals surface area contributed by atoms with Gasteiger partial charge in [0.2, 0.25) is 5.91 Å². The number of hydrogen-bond donors (Lipinski definition) is 2. The summed E-state index contributed by atoms with van der Waals surface area (Å²) < 4.78 is 4.82. The summed E-state index contributed by atoms with van der Waals surface area (Å²) in [6.45, 7) is 2.62. The number of rotatable bonds is 7. The van der Waals surface area contributed by atoms with Gasteiger partial charge in [-0.25, -0.2) is 5.43 Å². The maximum atomic E-state index is 11.6. The highest BCUT2D eigenvalue weighted by atomic mass is 32.1. The quantitative estimate of drug-likeness (QED) is 0.445. The number of hydrogen-bond acceptors (Lipinski definition) is 5. The third-order valence-electron chi connectivity index (χ3n) is 2.14. The van der Waals surface area contributed by atoms with E-state index < -0.39 is 0 Å². The Morgan fingerprint density at radius 2 is 2.26 bits per heavy atom. The van der Waals surface area contributed by atoms with Crippen molar-refractivity contribution in [1.82, 2.24) is 10.7 Å². The number of hydrazone groups is 1. The summed E-state index contributed by atoms with van der Waals surface area (Å²) in [5.41, 5.74) is 2.95. The number of amides is 2. The number of ether oxygens (including phenoxy) is 1. The van der Waals surface area contributed by atoms with E-state index in [1.165, 1.54) is 11.3 Å². The molecule has 104 valence electrons. The number of thiophene rings is 1. The van der Waals surface area contributed by atoms with E-state index >= 15 is 0 Å². The van der Waals surface area contributed by atoms with Crippen molar-refractivity contribution in [3.05, 3.63) is 22.4 Å². The van der Waals surface area contributed by atoms with Crippen molar-refractivity contribution in [2.45, 2.75) is 13.3 Å². The van der Waals surface area contributed by atoms with Gasteiger partial charge in [-0.3, -0.25) is 9.59 Å². The first-order valence-electron chi connectivity index (χ1n) is 5.76. The molecular formula is C12H17N3O3S. The maximum absolute atomic E-state index is 11.6. The number of carbonyl (C=O) groups is 2. The summed E-state index contributed by atoms with van der Waals surface area (Å²) >= 11 is 1.34. The molecule has 19 heavy (non-hydrogen) atoms. The maximum Gasteiger partial charge on any atom is 0.281 e. The lowest BCUT2D eigenvalue weighted by atomic mass is 10.3. The highest BCUT2D eigenvalue weighted by Crippen LogP contribution is 2.07. The Hall–Kier alpha value is -1.73. The molecule has 0 spiro atoms. The molecule has 0 aliphatic heterocycles. The monoisotopic (exact) mass is 283 g/mol. The van der Waals surface area contributed by atoms with Gasteiger partial charge in [0.1, 0.15) is 0 Å². The zero-order valence-corrected chi connectivity index (χ0v) is 11.8. The summed E-state index contributed by atoms with van der Waals surface area (Å²) in [4.78, 5) is 23.6. The highest BCUT2D eigenvalue weighted by molar-refractivity contribution is 7.12. The fourth-order valence-electron chi connectivity index (χ4n) is 1.24. The molecule has 0 bridgehead atoms. The predicted molar refractivity (Wildman–Crippen MR) is 74.4 cm³/mol. The van der Waals surface area contributed by atoms with Gasteiger partial charge < -0.3 is 10.1 Å². The standard InChI is InChI=1S/C12H17N3O3S/c1-9(8-11(16)13-5-6-18-2)14-15-12(17)10-4-3-7-19-10/h3-4,7H,5-6,8H2,1-2H3,(H,13,16)(H,15,17)/b14-9+. The zero-order chi connectivity index (χ0) is 14.1. The normalized spacial score (nSPS) is 11.2. The fraction of sp³-hybridized carbons (Fsp3) is 0.417. The van der Waals surface area contributed by atoms with Crippen LogP contribution in [0.5, 0.6) is 0 Å². The summed E-state index contributed by atoms with van der Waals surface area (Å²) in [5.74, 6) is -0.419. The van der Waals surface area contributed by atoms with Gasteiger partial charge in [-0.05, 0) is 18.4 Å². The molecule has 0 unspecified atom stereocenters. The van der Waals surface area contributed by atoms with Crippen molar-refractivity contribution >= 4 is 28.9 Å². The molecule has 0 fully saturated rings. The molecule has 0 radical (unpaired) electrons. The smallest absolute Gasteiger partial charge is 0.281 e. The van der Waals surface area contributed by atoms with Gasteiger partial charge in [-0.15, -0.1) is 11.3 Å². The first-order valence-corrected chi connectivity index (χ1v) is 6.64. The van der Waals surface area contributed by atoms with E-state index in [1.807, 2.05) is 5.38 Å². The largest absolute Gasteiger partial charge is 0.383 e. The van der Waals surface area contributed by atoms with Crippen molar-refractivity contribution in [3.63, 3.8) is 0 Å². The molecule has 6 nitrogen and oxygen atoms in total. The van der Waals surface area contributed by atoms with Crippen LogP contribution >= 0.6 is 11.3 Å². The van der Waals surface area contributed by atoms with E-state index in [-0.39, 0.29) is 18.2 Å². The molecule has 7 heteroatoms. The molecule has 1 rings (SSSR count). The van der Waals surface area contributed by atoms with Crippen molar-refractivity contribution in [2.75, 3.05) is 20.3 Å². The minimum atomic E-state index is -0.269. The van der Waals surface area contributed by atoms with Crippen LogP contribution in [-0.4, -0.2) is 37.8 Å². The van der Waals surface area contributed by atoms with E-state index in [9.17, 15) is 9.59 Å². The van der Waals surface area contributed by atoms with Crippen LogP contribution in [0.15, 0.2) is 22.6 Å². The summed E-state index contributed by atoms with van der Waals surface area (Å²) in [6, 6.07) is 3.50. The summed E-state index contributed by atoms with van der Waals surface area (Å²) in [7, 11) is 1.57. The molecule has 1 aromatic heterocycles. The lowest BCUT2D eigenvalue weighted by Gasteiger charge is -2.04. The molecule has 1 aromatic rings. The number of carbonyl (C=O) groups excluding carboxylic acids is 2. The Bertz CT molecular complexity index is 443. The zero-order valence-electron chi connectivity index (χ0n) is 10.9. The van der Waals surface area contributed by atoms with Gasteiger partial charge in [-0.2, -0.15) is 5.10 Å². The third kappa shape index (κ3) is 6.12. The lowest BCUT2D eigenvalue weighted by Crippen LogP contribution is -2.29. The molecule has 0 aromatic carbocycles. The van der Waals surface area contributed by atoms with E-state index in [1.54, 1.807) is 26.2 Å². The topological polar surface area (TPSA) is 79.8 Å². The molecule has 2 N–H and O–H groups in total. The second-order valence-electron chi connectivity index (χ2n) is 3.78. The third-order valence-corrected chi connectivity index (χ3v) is 3.01. The Morgan fingerprint density at radius 3 is 2.89 bits per heavy atom. The van der Waals surface area contributed by atoms with E-state index in [2.05, 4.69) is 15.8 Å². The summed E-state index contributed by atoms with van der Waals surface area (Å²) in [6.07, 6.45) is 0.147. The molecule has 0 saturated heterocycles. The van der Waals surface area contributed by atoms with Crippen molar-refractivity contribution < 1.29 is 14.3 Å². The minimum absolute atomic E-state index is 0.147. The van der Waals surface area contributed by atoms with Crippen molar-refractivity contribution in [3.8, 4) is 0 Å². The Morgan fingerprint density at radius 1 is 1.47 bits per heavy atom. The van der Waals surface area contributed by atoms with Crippen molar-refractivity contribution in [2.24, 2.45) is 5.10 Å². The van der Waals surface area contributed by atoms with E-state index in [0.717, 1.165) is 0 Å². The average Bonchev–Trinajstić information content (AvgIpc) is 2.90. The molecule has 0 atom stereocenters. The second kappa shape index (κ2) is 8.39. The van der Waals surface area contributed by atoms with Gasteiger partial charge in [0, 0.05) is 19.4 Å². The molecule has 0 aliphatic rings. The summed E-state index contributed by atoms with van der Waals surface area (Å²) in [5, 5.41) is 8.37. The molecule has 0 aliphatic carbocycles. The van der Waals surface area contributed by atoms with Gasteiger partial charge in [0.15, 0.2) is 0 Å². The first kappa shape index (κ1) is 15.3. The Labute approximate surface area is 115 Å². The minimum Gasteiger partial charge on any atom is -0.383 e. The van der Waals surface area contributed by atoms with Crippen LogP contribution in [0, 0.1) is 0 Å². The predicted octanol–water partition coefficient (Wildman–Crippen LogP) is 1.01. The SMILES string of the molecule is COCCNC(=O)C/C(C)=N/NC(=O)c1cccs1. The van der Waals surface area contributed by atoms with Gasteiger partial charge in [-0.1, -0.05) is 6.07 Å². The van der Waals surface area contributed by atoms with Crippen LogP contribution in [0.2, 0.25) is 0 Å². The first-order chi connectivity index (χ1) is 9.13. The molecule has 1 heterocycles. The molecular weight excluding hydrogens is 266 g/mol. The number of nitrogens with one attached hydrogen (secondary N) is 2. The van der Waals surface area contributed by atoms with Crippen LogP contribution in [0.4, 0.5) is 0 Å². The fourth-order valence-corrected chi connectivity index (χ4v) is 1.85. The van der Waals surface area contributed by atoms with Gasteiger partial charge in [0.05, 0.1) is 17.9 Å². The van der Waals surface area contributed by atoms with Crippen LogP contribution in [-0.2, 0) is 9.53 Å². The van der Waals surface area contributed by atoms with Crippen LogP contribution in [0.1, 0.15) is 23.0 Å². The van der Waals surface area contributed by atoms with Crippen LogP contribution in [0.25, 0.3) is 0 Å². The van der Waals surface area contributed by atoms with Gasteiger partial charge >= 0.3 is 0 Å². The second-order valence-corrected chi connectivity index (χ2v) is 4.73. The Kier molecular flexibility index (Phi) is 6.76. The average molecular weight is 283 g/mol. The van der Waals surface area contributed by atoms with Gasteiger partial charge in [0.25, 0.3) is 5.91 Å². The number of methoxy groups -OCH3 is 1. The molecule has 2 amide bonds. The molecule has 0 saturated carbocycles. The van der Waals surface area contributed by atoms with Crippen molar-refractivity contribution in [1.29, 1.82) is 0 Å². The van der Waals surface area contributed by atoms with Crippen LogP contribution in [0.3, 0.4) is 0 Å². The lowest BCUT2D eigenvalue weighted by molar-refractivity contribution is -0.120. The van der Waals surface area contributed by atoms with E-state index in [0.29, 0.717) is 23.7 Å². The van der Waals surface area contributed by atoms with E-state index in [4.69, 9.17) is 4.74 Å². The number of nitrogens with zero attached hydrogens (tertiary/aromatic N) is 1.